The Morgan fingerprint density at radius 3 is 2.48 bits per heavy atom. The molecule has 2 N–H and O–H groups in total. The van der Waals surface area contributed by atoms with Crippen molar-refractivity contribution in [3.8, 4) is 0 Å². The number of amides is 3. The van der Waals surface area contributed by atoms with Crippen molar-refractivity contribution in [1.82, 2.24) is 29.3 Å². The van der Waals surface area contributed by atoms with Crippen LogP contribution in [0.4, 0.5) is 4.79 Å². The van der Waals surface area contributed by atoms with Crippen LogP contribution in [0.5, 0.6) is 0 Å². The maximum atomic E-state index is 12.5. The van der Waals surface area contributed by atoms with Gasteiger partial charge in [0.2, 0.25) is 0 Å². The SMILES string of the molecule is C[C@H](C(=O)NC(=O)NC1CCCCC1)n1cnc2c1c(=O)n(C)c(=O)n2C. The lowest BCUT2D eigenvalue weighted by Crippen LogP contribution is -2.47. The Morgan fingerprint density at radius 2 is 1.81 bits per heavy atom. The van der Waals surface area contributed by atoms with Crippen LogP contribution in [-0.2, 0) is 18.9 Å². The molecule has 2 heterocycles. The van der Waals surface area contributed by atoms with Crippen LogP contribution in [0.15, 0.2) is 15.9 Å². The third-order valence-corrected chi connectivity index (χ3v) is 5.15. The first-order valence-corrected chi connectivity index (χ1v) is 9.05. The molecule has 0 radical (unpaired) electrons. The van der Waals surface area contributed by atoms with Gasteiger partial charge >= 0.3 is 11.7 Å². The Kier molecular flexibility index (Phi) is 5.15. The number of hydrogen-bond acceptors (Lipinski definition) is 5. The fourth-order valence-corrected chi connectivity index (χ4v) is 3.47. The molecule has 0 saturated heterocycles. The molecule has 1 fully saturated rings. The smallest absolute Gasteiger partial charge is 0.332 e. The molecule has 146 valence electrons. The van der Waals surface area contributed by atoms with Gasteiger partial charge < -0.3 is 9.88 Å². The number of fused-ring (bicyclic) bond motifs is 1. The molecule has 1 saturated carbocycles. The minimum absolute atomic E-state index is 0.0813. The fraction of sp³-hybridized carbons (Fsp3) is 0.588. The van der Waals surface area contributed by atoms with E-state index in [2.05, 4.69) is 15.6 Å². The van der Waals surface area contributed by atoms with E-state index in [4.69, 9.17) is 0 Å². The van der Waals surface area contributed by atoms with E-state index in [1.165, 1.54) is 36.0 Å². The van der Waals surface area contributed by atoms with Gasteiger partial charge in [-0.2, -0.15) is 0 Å². The highest BCUT2D eigenvalue weighted by Crippen LogP contribution is 2.17. The van der Waals surface area contributed by atoms with Crippen molar-refractivity contribution in [3.63, 3.8) is 0 Å². The van der Waals surface area contributed by atoms with Crippen molar-refractivity contribution in [1.29, 1.82) is 0 Å². The van der Waals surface area contributed by atoms with Gasteiger partial charge in [-0.3, -0.25) is 24.0 Å². The number of nitrogens with one attached hydrogen (secondary N) is 2. The molecule has 1 atom stereocenters. The van der Waals surface area contributed by atoms with Gasteiger partial charge in [0.05, 0.1) is 6.33 Å². The molecule has 0 spiro atoms. The second-order valence-electron chi connectivity index (χ2n) is 7.00. The monoisotopic (exact) mass is 376 g/mol. The third kappa shape index (κ3) is 3.51. The largest absolute Gasteiger partial charge is 0.335 e. The summed E-state index contributed by atoms with van der Waals surface area (Å²) in [5.74, 6) is -0.557. The molecule has 2 aromatic rings. The topological polar surface area (TPSA) is 120 Å². The minimum atomic E-state index is -0.850. The number of aromatic nitrogens is 4. The molecule has 10 heteroatoms. The summed E-state index contributed by atoms with van der Waals surface area (Å²) in [5.41, 5.74) is -0.719. The average molecular weight is 376 g/mol. The van der Waals surface area contributed by atoms with Crippen LogP contribution in [0.2, 0.25) is 0 Å². The van der Waals surface area contributed by atoms with Crippen molar-refractivity contribution in [2.24, 2.45) is 14.1 Å². The van der Waals surface area contributed by atoms with E-state index in [0.717, 1.165) is 30.3 Å². The predicted molar refractivity (Wildman–Crippen MR) is 98.5 cm³/mol. The van der Waals surface area contributed by atoms with Crippen LogP contribution in [0, 0.1) is 0 Å². The van der Waals surface area contributed by atoms with Gasteiger partial charge in [-0.25, -0.2) is 14.6 Å². The first kappa shape index (κ1) is 18.9. The number of aryl methyl sites for hydroxylation is 1. The lowest BCUT2D eigenvalue weighted by Gasteiger charge is -2.23. The quantitative estimate of drug-likeness (QED) is 0.790. The van der Waals surface area contributed by atoms with E-state index in [1.54, 1.807) is 6.92 Å². The molecule has 1 aliphatic rings. The van der Waals surface area contributed by atoms with Crippen LogP contribution in [0.1, 0.15) is 45.1 Å². The Balaban J connectivity index is 1.80. The van der Waals surface area contributed by atoms with Crippen LogP contribution < -0.4 is 21.9 Å². The van der Waals surface area contributed by atoms with Crippen LogP contribution in [-0.4, -0.2) is 36.7 Å². The van der Waals surface area contributed by atoms with Gasteiger partial charge in [-0.15, -0.1) is 0 Å². The predicted octanol–water partition coefficient (Wildman–Crippen LogP) is 0.153. The Labute approximate surface area is 155 Å². The molecule has 3 rings (SSSR count). The standard InChI is InChI=1S/C17H24N6O4/c1-10(14(24)20-16(26)19-11-7-5-4-6-8-11)23-9-18-13-12(23)15(25)22(3)17(27)21(13)2/h9-11H,4-8H2,1-3H3,(H2,19,20,24,26)/t10-/m1/s1. The summed E-state index contributed by atoms with van der Waals surface area (Å²) < 4.78 is 3.58. The van der Waals surface area contributed by atoms with Crippen molar-refractivity contribution in [2.45, 2.75) is 51.1 Å². The first-order valence-electron chi connectivity index (χ1n) is 9.05. The third-order valence-electron chi connectivity index (χ3n) is 5.15. The Hall–Kier alpha value is -2.91. The molecule has 0 unspecified atom stereocenters. The molecule has 27 heavy (non-hydrogen) atoms. The summed E-state index contributed by atoms with van der Waals surface area (Å²) in [6.45, 7) is 1.56. The fourth-order valence-electron chi connectivity index (χ4n) is 3.47. The zero-order chi connectivity index (χ0) is 19.7. The average Bonchev–Trinajstić information content (AvgIpc) is 3.09. The first-order chi connectivity index (χ1) is 12.8. The van der Waals surface area contributed by atoms with Gasteiger partial charge in [-0.1, -0.05) is 19.3 Å². The van der Waals surface area contributed by atoms with Crippen molar-refractivity contribution < 1.29 is 9.59 Å². The number of rotatable bonds is 3. The summed E-state index contributed by atoms with van der Waals surface area (Å²) in [4.78, 5) is 53.1. The summed E-state index contributed by atoms with van der Waals surface area (Å²) >= 11 is 0. The summed E-state index contributed by atoms with van der Waals surface area (Å²) in [7, 11) is 2.87. The molecule has 10 nitrogen and oxygen atoms in total. The number of carbonyl (C=O) groups is 2. The van der Waals surface area contributed by atoms with E-state index in [9.17, 15) is 19.2 Å². The van der Waals surface area contributed by atoms with Gasteiger partial charge in [0, 0.05) is 20.1 Å². The van der Waals surface area contributed by atoms with Gasteiger partial charge in [-0.05, 0) is 19.8 Å². The van der Waals surface area contributed by atoms with E-state index in [-0.39, 0.29) is 17.2 Å². The van der Waals surface area contributed by atoms with Crippen molar-refractivity contribution in [2.75, 3.05) is 0 Å². The number of nitrogens with zero attached hydrogens (tertiary/aromatic N) is 4. The maximum absolute atomic E-state index is 12.5. The maximum Gasteiger partial charge on any atom is 0.332 e. The normalized spacial score (nSPS) is 16.3. The highest BCUT2D eigenvalue weighted by Gasteiger charge is 2.24. The number of carbonyl (C=O) groups excluding carboxylic acids is 2. The second-order valence-corrected chi connectivity index (χ2v) is 7.00. The van der Waals surface area contributed by atoms with Gasteiger partial charge in [0.15, 0.2) is 11.2 Å². The number of hydrogen-bond donors (Lipinski definition) is 2. The Morgan fingerprint density at radius 1 is 1.15 bits per heavy atom. The van der Waals surface area contributed by atoms with Crippen LogP contribution >= 0.6 is 0 Å². The molecule has 0 aliphatic heterocycles. The molecule has 0 aromatic carbocycles. The lowest BCUT2D eigenvalue weighted by molar-refractivity contribution is -0.122. The molecule has 2 aromatic heterocycles. The number of imidazole rings is 1. The van der Waals surface area contributed by atoms with E-state index >= 15 is 0 Å². The lowest BCUT2D eigenvalue weighted by atomic mass is 9.96. The van der Waals surface area contributed by atoms with Gasteiger partial charge in [0.1, 0.15) is 6.04 Å². The molecule has 1 aliphatic carbocycles. The second kappa shape index (κ2) is 7.37. The Bertz CT molecular complexity index is 995. The highest BCUT2D eigenvalue weighted by atomic mass is 16.2. The summed E-state index contributed by atoms with van der Waals surface area (Å²) in [6, 6.07) is -1.31. The zero-order valence-corrected chi connectivity index (χ0v) is 15.7. The zero-order valence-electron chi connectivity index (χ0n) is 15.7. The minimum Gasteiger partial charge on any atom is -0.335 e. The van der Waals surface area contributed by atoms with E-state index in [1.807, 2.05) is 0 Å². The van der Waals surface area contributed by atoms with E-state index in [0.29, 0.717) is 0 Å². The van der Waals surface area contributed by atoms with E-state index < -0.39 is 29.2 Å². The molecule has 0 bridgehead atoms. The van der Waals surface area contributed by atoms with Crippen LogP contribution in [0.25, 0.3) is 11.2 Å². The molecular formula is C17H24N6O4. The number of imide groups is 1. The van der Waals surface area contributed by atoms with Crippen molar-refractivity contribution in [3.05, 3.63) is 27.2 Å². The highest BCUT2D eigenvalue weighted by molar-refractivity contribution is 5.96. The van der Waals surface area contributed by atoms with Gasteiger partial charge in [0.25, 0.3) is 11.5 Å². The summed E-state index contributed by atoms with van der Waals surface area (Å²) in [6.07, 6.45) is 6.45. The number of urea groups is 1. The molecule has 3 amide bonds. The van der Waals surface area contributed by atoms with Crippen molar-refractivity contribution >= 4 is 23.1 Å². The molecular weight excluding hydrogens is 352 g/mol. The summed E-state index contributed by atoms with van der Waals surface area (Å²) in [5, 5.41) is 5.14. The van der Waals surface area contributed by atoms with Crippen LogP contribution in [0.3, 0.4) is 0 Å².